The lowest BCUT2D eigenvalue weighted by atomic mass is 9.80. The number of hydrogen-bond donors (Lipinski definition) is 1. The van der Waals surface area contributed by atoms with Crippen molar-refractivity contribution >= 4 is 17.6 Å². The molecule has 0 radical (unpaired) electrons. The number of non-ortho nitro benzene ring substituents is 1. The number of carbonyl (C=O) groups is 2. The third-order valence-electron chi connectivity index (χ3n) is 6.22. The SMILES string of the molecule is [2H]c1c([2H])c([2H])c(C([2H])([2H])N2CCC[C@@H](OC(=O)C3=C(C)NC(C)=C(C(=O)OC)[C@H]3c3cccc([N+](=O)[O-])c3)C2)c([2H])c1[2H]. The average molecular weight is 513 g/mol. The molecule has 9 heteroatoms. The maximum absolute atomic E-state index is 13.8. The van der Waals surface area contributed by atoms with E-state index in [1.54, 1.807) is 19.9 Å². The summed E-state index contributed by atoms with van der Waals surface area (Å²) in [5.41, 5.74) is 0.340. The summed E-state index contributed by atoms with van der Waals surface area (Å²) in [6.07, 6.45) is -0.151. The largest absolute Gasteiger partial charge is 0.466 e. The second kappa shape index (κ2) is 11.4. The van der Waals surface area contributed by atoms with Crippen molar-refractivity contribution in [3.05, 3.63) is 98.3 Å². The van der Waals surface area contributed by atoms with Crippen LogP contribution in [0.1, 0.15) is 53.3 Å². The Hall–Kier alpha value is -3.98. The van der Waals surface area contributed by atoms with Crippen LogP contribution in [0.3, 0.4) is 0 Å². The summed E-state index contributed by atoms with van der Waals surface area (Å²) in [6.45, 7) is 0.729. The Morgan fingerprint density at radius 3 is 2.57 bits per heavy atom. The molecule has 1 N–H and O–H groups in total. The predicted molar refractivity (Wildman–Crippen MR) is 137 cm³/mol. The number of nitrogens with one attached hydrogen (secondary N) is 1. The first-order valence-corrected chi connectivity index (χ1v) is 11.7. The molecule has 1 fully saturated rings. The minimum Gasteiger partial charge on any atom is -0.466 e. The summed E-state index contributed by atoms with van der Waals surface area (Å²) < 4.78 is 68.6. The van der Waals surface area contributed by atoms with Crippen molar-refractivity contribution < 1.29 is 33.6 Å². The van der Waals surface area contributed by atoms with Gasteiger partial charge in [-0.25, -0.2) is 9.59 Å². The number of esters is 2. The Morgan fingerprint density at radius 2 is 1.89 bits per heavy atom. The zero-order valence-electron chi connectivity index (χ0n) is 27.6. The molecule has 0 aliphatic carbocycles. The number of rotatable bonds is 7. The van der Waals surface area contributed by atoms with Crippen LogP contribution < -0.4 is 5.32 Å². The molecule has 2 heterocycles. The molecule has 194 valence electrons. The third kappa shape index (κ3) is 5.89. The molecule has 2 aliphatic rings. The van der Waals surface area contributed by atoms with Crippen LogP contribution in [-0.2, 0) is 25.6 Å². The highest BCUT2D eigenvalue weighted by Gasteiger charge is 2.39. The molecule has 0 unspecified atom stereocenters. The van der Waals surface area contributed by atoms with Gasteiger partial charge in [0, 0.05) is 39.3 Å². The lowest BCUT2D eigenvalue weighted by molar-refractivity contribution is -0.384. The highest BCUT2D eigenvalue weighted by Crippen LogP contribution is 2.40. The van der Waals surface area contributed by atoms with Crippen LogP contribution in [0.25, 0.3) is 0 Å². The van der Waals surface area contributed by atoms with Crippen molar-refractivity contribution in [1.82, 2.24) is 10.2 Å². The van der Waals surface area contributed by atoms with Crippen molar-refractivity contribution in [2.75, 3.05) is 20.2 Å². The predicted octanol–water partition coefficient (Wildman–Crippen LogP) is 4.21. The van der Waals surface area contributed by atoms with Gasteiger partial charge in [-0.3, -0.25) is 15.0 Å². The highest BCUT2D eigenvalue weighted by atomic mass is 16.6. The topological polar surface area (TPSA) is 111 Å². The Morgan fingerprint density at radius 1 is 1.19 bits per heavy atom. The Bertz CT molecular complexity index is 1580. The minimum atomic E-state index is -2.50. The van der Waals surface area contributed by atoms with Crippen LogP contribution in [0.5, 0.6) is 0 Å². The van der Waals surface area contributed by atoms with Gasteiger partial charge >= 0.3 is 11.9 Å². The number of dihydropyridines is 1. The van der Waals surface area contributed by atoms with Gasteiger partial charge in [-0.15, -0.1) is 0 Å². The number of hydrogen-bond acceptors (Lipinski definition) is 8. The second-order valence-electron chi connectivity index (χ2n) is 8.71. The molecule has 0 spiro atoms. The van der Waals surface area contributed by atoms with Gasteiger partial charge in [0.25, 0.3) is 5.69 Å². The van der Waals surface area contributed by atoms with Gasteiger partial charge < -0.3 is 14.8 Å². The summed E-state index contributed by atoms with van der Waals surface area (Å²) in [4.78, 5) is 38.9. The summed E-state index contributed by atoms with van der Waals surface area (Å²) in [6, 6.07) is 2.27. The molecule has 0 amide bonds. The fourth-order valence-electron chi connectivity index (χ4n) is 4.61. The fourth-order valence-corrected chi connectivity index (χ4v) is 4.61. The monoisotopic (exact) mass is 512 g/mol. The summed E-state index contributed by atoms with van der Waals surface area (Å²) >= 11 is 0. The van der Waals surface area contributed by atoms with Crippen LogP contribution in [0.4, 0.5) is 5.69 Å². The van der Waals surface area contributed by atoms with Crippen LogP contribution in [0.2, 0.25) is 0 Å². The van der Waals surface area contributed by atoms with Crippen molar-refractivity contribution in [1.29, 1.82) is 0 Å². The number of nitro benzene ring substituents is 1. The van der Waals surface area contributed by atoms with E-state index in [0.29, 0.717) is 24.2 Å². The molecule has 9 nitrogen and oxygen atoms in total. The van der Waals surface area contributed by atoms with Crippen molar-refractivity contribution in [3.63, 3.8) is 0 Å². The number of nitro groups is 1. The molecule has 0 saturated carbocycles. The standard InChI is InChI=1S/C28H31N3O6/c1-18-24(27(32)36-3)26(21-11-7-12-22(15-21)31(34)35)25(19(2)29-18)28(33)37-23-13-8-14-30(17-23)16-20-9-5-4-6-10-20/h4-7,9-12,15,23,26,29H,8,13-14,16-17H2,1-3H3/t23-,26-/m1/s1/i4D,5D,6D,9D,10D,16D2. The molecule has 2 aliphatic heterocycles. The van der Waals surface area contributed by atoms with Gasteiger partial charge in [0.15, 0.2) is 0 Å². The van der Waals surface area contributed by atoms with Crippen LogP contribution in [0.15, 0.2) is 77.0 Å². The first kappa shape index (κ1) is 18.3. The maximum Gasteiger partial charge on any atom is 0.337 e. The molecule has 2 aromatic rings. The Kier molecular flexibility index (Phi) is 5.63. The molecule has 0 aromatic heterocycles. The first-order chi connectivity index (χ1) is 20.6. The van der Waals surface area contributed by atoms with Gasteiger partial charge in [-0.1, -0.05) is 42.3 Å². The van der Waals surface area contributed by atoms with Gasteiger partial charge in [-0.05, 0) is 44.4 Å². The van der Waals surface area contributed by atoms with E-state index in [1.165, 1.54) is 30.2 Å². The number of likely N-dealkylation sites (tertiary alicyclic amines) is 1. The van der Waals surface area contributed by atoms with E-state index in [0.717, 1.165) is 0 Å². The van der Waals surface area contributed by atoms with Gasteiger partial charge in [0.05, 0.1) is 36.0 Å². The van der Waals surface area contributed by atoms with Gasteiger partial charge in [-0.2, -0.15) is 0 Å². The fraction of sp³-hybridized carbons (Fsp3) is 0.357. The average Bonchev–Trinajstić information content (AvgIpc) is 2.98. The van der Waals surface area contributed by atoms with E-state index in [9.17, 15) is 19.7 Å². The van der Waals surface area contributed by atoms with Crippen molar-refractivity contribution in [3.8, 4) is 0 Å². The quantitative estimate of drug-likeness (QED) is 0.334. The van der Waals surface area contributed by atoms with E-state index < -0.39 is 71.2 Å². The van der Waals surface area contributed by atoms with Crippen molar-refractivity contribution in [2.45, 2.75) is 45.2 Å². The van der Waals surface area contributed by atoms with E-state index in [1.807, 2.05) is 0 Å². The Labute approximate surface area is 225 Å². The van der Waals surface area contributed by atoms with Gasteiger partial charge in [0.1, 0.15) is 6.10 Å². The van der Waals surface area contributed by atoms with Crippen LogP contribution >= 0.6 is 0 Å². The number of methoxy groups -OCH3 is 1. The number of nitrogens with zero attached hydrogens (tertiary/aromatic N) is 2. The van der Waals surface area contributed by atoms with Crippen LogP contribution in [0, 0.1) is 10.1 Å². The van der Waals surface area contributed by atoms with E-state index in [-0.39, 0.29) is 35.5 Å². The molecular weight excluding hydrogens is 474 g/mol. The van der Waals surface area contributed by atoms with Crippen LogP contribution in [-0.4, -0.2) is 48.1 Å². The number of piperidine rings is 1. The smallest absolute Gasteiger partial charge is 0.337 e. The normalized spacial score (nSPS) is 23.4. The number of allylic oxidation sites excluding steroid dienone is 2. The van der Waals surface area contributed by atoms with E-state index in [4.69, 9.17) is 19.1 Å². The first-order valence-electron chi connectivity index (χ1n) is 15.2. The molecular formula is C28H31N3O6. The second-order valence-corrected chi connectivity index (χ2v) is 8.71. The summed E-state index contributed by atoms with van der Waals surface area (Å²) in [7, 11) is 1.18. The van der Waals surface area contributed by atoms with E-state index in [2.05, 4.69) is 5.32 Å². The number of carbonyl (C=O) groups excluding carboxylic acids is 2. The summed E-state index contributed by atoms with van der Waals surface area (Å²) in [5, 5.41) is 14.5. The maximum atomic E-state index is 13.8. The molecule has 0 bridgehead atoms. The molecule has 2 atom stereocenters. The molecule has 4 rings (SSSR count). The Balaban J connectivity index is 1.67. The summed E-state index contributed by atoms with van der Waals surface area (Å²) in [5.74, 6) is -2.66. The molecule has 1 saturated heterocycles. The van der Waals surface area contributed by atoms with E-state index >= 15 is 0 Å². The minimum absolute atomic E-state index is 0.0160. The lowest BCUT2D eigenvalue weighted by Gasteiger charge is -2.34. The van der Waals surface area contributed by atoms with Crippen molar-refractivity contribution in [2.24, 2.45) is 0 Å². The zero-order valence-corrected chi connectivity index (χ0v) is 20.6. The number of ether oxygens (including phenoxy) is 2. The molecule has 2 aromatic carbocycles. The highest BCUT2D eigenvalue weighted by molar-refractivity contribution is 6.00. The lowest BCUT2D eigenvalue weighted by Crippen LogP contribution is -2.41. The molecule has 37 heavy (non-hydrogen) atoms. The number of benzene rings is 2. The zero-order chi connectivity index (χ0) is 32.7. The third-order valence-corrected chi connectivity index (χ3v) is 6.22. The van der Waals surface area contributed by atoms with Gasteiger partial charge in [0.2, 0.25) is 0 Å².